The topological polar surface area (TPSA) is 35.5 Å². The zero-order valence-corrected chi connectivity index (χ0v) is 10.9. The fraction of sp³-hybridized carbons (Fsp3) is 0.800. The lowest BCUT2D eigenvalue weighted by Gasteiger charge is -2.39. The molecule has 4 atom stereocenters. The maximum Gasteiger partial charge on any atom is 0.332 e. The van der Waals surface area contributed by atoms with E-state index in [1.807, 2.05) is 0 Å². The Bertz CT molecular complexity index is 352. The molecule has 3 nitrogen and oxygen atoms in total. The summed E-state index contributed by atoms with van der Waals surface area (Å²) in [6.07, 6.45) is 9.47. The van der Waals surface area contributed by atoms with Crippen LogP contribution >= 0.6 is 0 Å². The van der Waals surface area contributed by atoms with Crippen molar-refractivity contribution in [3.63, 3.8) is 0 Å². The second kappa shape index (κ2) is 4.69. The van der Waals surface area contributed by atoms with Crippen molar-refractivity contribution >= 4 is 5.97 Å². The summed E-state index contributed by atoms with van der Waals surface area (Å²) in [5.74, 6) is 2.30. The Labute approximate surface area is 109 Å². The number of esters is 1. The first-order valence-corrected chi connectivity index (χ1v) is 7.13. The molecule has 4 unspecified atom stereocenters. The van der Waals surface area contributed by atoms with Gasteiger partial charge in [-0.05, 0) is 55.3 Å². The Hall–Kier alpha value is -0.830. The first-order valence-electron chi connectivity index (χ1n) is 7.13. The highest BCUT2D eigenvalue weighted by atomic mass is 16.7. The molecule has 0 radical (unpaired) electrons. The van der Waals surface area contributed by atoms with Crippen LogP contribution in [0, 0.1) is 23.2 Å². The van der Waals surface area contributed by atoms with Gasteiger partial charge in [-0.2, -0.15) is 0 Å². The molecular formula is C15H22O3. The summed E-state index contributed by atoms with van der Waals surface area (Å²) in [5, 5.41) is 0. The van der Waals surface area contributed by atoms with E-state index in [1.54, 1.807) is 0 Å². The summed E-state index contributed by atoms with van der Waals surface area (Å²) in [4.78, 5) is 10.9. The molecule has 0 aromatic heterocycles. The zero-order valence-electron chi connectivity index (χ0n) is 10.9. The molecule has 3 rings (SSSR count). The molecule has 0 N–H and O–H groups in total. The van der Waals surface area contributed by atoms with Gasteiger partial charge in [0, 0.05) is 6.08 Å². The van der Waals surface area contributed by atoms with Gasteiger partial charge in [0.05, 0.1) is 6.61 Å². The summed E-state index contributed by atoms with van der Waals surface area (Å²) >= 11 is 0. The maximum absolute atomic E-state index is 10.9. The van der Waals surface area contributed by atoms with Gasteiger partial charge in [0.2, 0.25) is 0 Å². The maximum atomic E-state index is 10.9. The van der Waals surface area contributed by atoms with Crippen molar-refractivity contribution in [2.75, 3.05) is 13.4 Å². The second-order valence-electron chi connectivity index (χ2n) is 6.14. The van der Waals surface area contributed by atoms with Crippen molar-refractivity contribution in [3.05, 3.63) is 12.7 Å². The summed E-state index contributed by atoms with van der Waals surface area (Å²) in [7, 11) is 0. The van der Waals surface area contributed by atoms with Gasteiger partial charge < -0.3 is 9.47 Å². The Morgan fingerprint density at radius 2 is 2.28 bits per heavy atom. The summed E-state index contributed by atoms with van der Waals surface area (Å²) < 4.78 is 10.6. The second-order valence-corrected chi connectivity index (χ2v) is 6.14. The number of ether oxygens (including phenoxy) is 2. The number of fused-ring (bicyclic) bond motifs is 5. The molecule has 18 heavy (non-hydrogen) atoms. The molecule has 3 fully saturated rings. The molecular weight excluding hydrogens is 228 g/mol. The van der Waals surface area contributed by atoms with Crippen LogP contribution in [0.5, 0.6) is 0 Å². The molecule has 0 aliphatic heterocycles. The third-order valence-corrected chi connectivity index (χ3v) is 5.57. The van der Waals surface area contributed by atoms with Crippen molar-refractivity contribution < 1.29 is 14.3 Å². The van der Waals surface area contributed by atoms with Crippen LogP contribution in [0.3, 0.4) is 0 Å². The van der Waals surface area contributed by atoms with Crippen molar-refractivity contribution in [1.82, 2.24) is 0 Å². The van der Waals surface area contributed by atoms with Crippen molar-refractivity contribution in [2.45, 2.75) is 38.5 Å². The Balaban J connectivity index is 1.55. The van der Waals surface area contributed by atoms with Gasteiger partial charge in [0.1, 0.15) is 0 Å². The minimum Gasteiger partial charge on any atom is -0.435 e. The van der Waals surface area contributed by atoms with E-state index in [2.05, 4.69) is 6.58 Å². The summed E-state index contributed by atoms with van der Waals surface area (Å²) in [6, 6.07) is 0. The van der Waals surface area contributed by atoms with Crippen molar-refractivity contribution in [1.29, 1.82) is 0 Å². The standard InChI is InChI=1S/C15H22O3/c1-2-14(16)18-10-17-9-15-7-3-4-13(15)11-5-6-12(15)8-11/h2,11-13H,1,3-10H2. The van der Waals surface area contributed by atoms with Gasteiger partial charge in [-0.3, -0.25) is 0 Å². The number of rotatable bonds is 5. The minimum atomic E-state index is -0.400. The molecule has 0 aromatic carbocycles. The molecule has 0 amide bonds. The quantitative estimate of drug-likeness (QED) is 0.326. The van der Waals surface area contributed by atoms with E-state index in [0.29, 0.717) is 5.41 Å². The largest absolute Gasteiger partial charge is 0.435 e. The zero-order chi connectivity index (χ0) is 12.6. The Kier molecular flexibility index (Phi) is 3.18. The lowest BCUT2D eigenvalue weighted by Crippen LogP contribution is -2.37. The van der Waals surface area contributed by atoms with E-state index in [0.717, 1.165) is 24.4 Å². The Morgan fingerprint density at radius 3 is 3.11 bits per heavy atom. The van der Waals surface area contributed by atoms with E-state index in [1.165, 1.54) is 44.6 Å². The highest BCUT2D eigenvalue weighted by Gasteiger charge is 2.59. The van der Waals surface area contributed by atoms with E-state index >= 15 is 0 Å². The number of carbonyl (C=O) groups is 1. The van der Waals surface area contributed by atoms with Crippen LogP contribution < -0.4 is 0 Å². The van der Waals surface area contributed by atoms with E-state index in [9.17, 15) is 4.79 Å². The van der Waals surface area contributed by atoms with Gasteiger partial charge >= 0.3 is 5.97 Å². The highest BCUT2D eigenvalue weighted by Crippen LogP contribution is 2.66. The third kappa shape index (κ3) is 1.80. The monoisotopic (exact) mass is 250 g/mol. The number of hydrogen-bond acceptors (Lipinski definition) is 3. The molecule has 100 valence electrons. The highest BCUT2D eigenvalue weighted by molar-refractivity contribution is 5.81. The number of carbonyl (C=O) groups excluding carboxylic acids is 1. The molecule has 3 saturated carbocycles. The van der Waals surface area contributed by atoms with Gasteiger partial charge in [-0.1, -0.05) is 13.0 Å². The average Bonchev–Trinajstić information content (AvgIpc) is 3.05. The van der Waals surface area contributed by atoms with Crippen molar-refractivity contribution in [3.8, 4) is 0 Å². The summed E-state index contributed by atoms with van der Waals surface area (Å²) in [6.45, 7) is 4.23. The van der Waals surface area contributed by atoms with Gasteiger partial charge in [0.25, 0.3) is 0 Å². The van der Waals surface area contributed by atoms with Gasteiger partial charge in [-0.15, -0.1) is 0 Å². The molecule has 0 aromatic rings. The van der Waals surface area contributed by atoms with Crippen molar-refractivity contribution in [2.24, 2.45) is 23.2 Å². The number of hydrogen-bond donors (Lipinski definition) is 0. The van der Waals surface area contributed by atoms with Gasteiger partial charge in [-0.25, -0.2) is 4.79 Å². The average molecular weight is 250 g/mol. The lowest BCUT2D eigenvalue weighted by atomic mass is 9.68. The molecule has 3 heteroatoms. The predicted molar refractivity (Wildman–Crippen MR) is 67.7 cm³/mol. The van der Waals surface area contributed by atoms with Crippen LogP contribution in [0.15, 0.2) is 12.7 Å². The van der Waals surface area contributed by atoms with E-state index in [-0.39, 0.29) is 6.79 Å². The molecule has 0 heterocycles. The van der Waals surface area contributed by atoms with Crippen LogP contribution in [0.1, 0.15) is 38.5 Å². The van der Waals surface area contributed by atoms with Gasteiger partial charge in [0.15, 0.2) is 6.79 Å². The minimum absolute atomic E-state index is 0.0801. The third-order valence-electron chi connectivity index (χ3n) is 5.57. The molecule has 3 aliphatic carbocycles. The van der Waals surface area contributed by atoms with E-state index in [4.69, 9.17) is 9.47 Å². The van der Waals surface area contributed by atoms with Crippen LogP contribution in [0.25, 0.3) is 0 Å². The van der Waals surface area contributed by atoms with Crippen LogP contribution in [0.4, 0.5) is 0 Å². The van der Waals surface area contributed by atoms with Crippen LogP contribution in [0.2, 0.25) is 0 Å². The molecule has 0 spiro atoms. The molecule has 0 saturated heterocycles. The normalized spacial score (nSPS) is 40.8. The van der Waals surface area contributed by atoms with E-state index < -0.39 is 5.97 Å². The summed E-state index contributed by atoms with van der Waals surface area (Å²) in [5.41, 5.74) is 0.420. The molecule has 2 bridgehead atoms. The Morgan fingerprint density at radius 1 is 1.39 bits per heavy atom. The first-order chi connectivity index (χ1) is 8.76. The smallest absolute Gasteiger partial charge is 0.332 e. The predicted octanol–water partition coefficient (Wildman–Crippen LogP) is 2.91. The van der Waals surface area contributed by atoms with Crippen LogP contribution in [-0.2, 0) is 14.3 Å². The SMILES string of the molecule is C=CC(=O)OCOCC12CCCC1C1CCC2C1. The lowest BCUT2D eigenvalue weighted by molar-refractivity contribution is -0.155. The molecule has 3 aliphatic rings. The fourth-order valence-electron chi connectivity index (χ4n) is 4.93. The fourth-order valence-corrected chi connectivity index (χ4v) is 4.93. The first kappa shape index (κ1) is 12.2. The van der Waals surface area contributed by atoms with Crippen LogP contribution in [-0.4, -0.2) is 19.4 Å².